The summed E-state index contributed by atoms with van der Waals surface area (Å²) in [6, 6.07) is 0. The van der Waals surface area contributed by atoms with Gasteiger partial charge >= 0.3 is 6.68 Å². The lowest BCUT2D eigenvalue weighted by atomic mass is 10.2. The van der Waals surface area contributed by atoms with Gasteiger partial charge in [-0.15, -0.1) is 0 Å². The van der Waals surface area contributed by atoms with E-state index >= 15 is 0 Å². The van der Waals surface area contributed by atoms with Crippen molar-refractivity contribution in [2.75, 3.05) is 0 Å². The molecule has 0 N–H and O–H groups in total. The molecule has 2 nitrogen and oxygen atoms in total. The Labute approximate surface area is 94.7 Å². The average Bonchev–Trinajstić information content (AvgIpc) is 2.58. The predicted molar refractivity (Wildman–Crippen MR) is 56.9 cm³/mol. The highest BCUT2D eigenvalue weighted by Crippen LogP contribution is 1.97. The molecule has 0 aromatic carbocycles. The molecule has 0 aliphatic carbocycles. The van der Waals surface area contributed by atoms with E-state index in [1.165, 1.54) is 32.2 Å². The van der Waals surface area contributed by atoms with Gasteiger partial charge < -0.3 is 0 Å². The minimum atomic E-state index is -3.67. The van der Waals surface area contributed by atoms with E-state index in [1.54, 1.807) is 0 Å². The first-order valence-corrected chi connectivity index (χ1v) is 5.49. The van der Waals surface area contributed by atoms with Crippen LogP contribution in [-0.2, 0) is 13.6 Å². The van der Waals surface area contributed by atoms with Crippen molar-refractivity contribution >= 4 is 0 Å². The summed E-state index contributed by atoms with van der Waals surface area (Å²) >= 11 is 0. The fourth-order valence-electron chi connectivity index (χ4n) is 1.36. The SMILES string of the molecule is CCCCCC[n+]1ccn(C)c1.FC(F)F. The maximum Gasteiger partial charge on any atom is 0.379 e. The summed E-state index contributed by atoms with van der Waals surface area (Å²) in [5.41, 5.74) is 0. The van der Waals surface area contributed by atoms with E-state index in [0.29, 0.717) is 0 Å². The molecule has 1 aromatic rings. The fourth-order valence-corrected chi connectivity index (χ4v) is 1.36. The second-order valence-electron chi connectivity index (χ2n) is 3.63. The third-order valence-electron chi connectivity index (χ3n) is 2.09. The predicted octanol–water partition coefficient (Wildman–Crippen LogP) is 3.07. The first kappa shape index (κ1) is 15.0. The van der Waals surface area contributed by atoms with Crippen molar-refractivity contribution in [2.45, 2.75) is 45.8 Å². The third-order valence-corrected chi connectivity index (χ3v) is 2.09. The Kier molecular flexibility index (Phi) is 8.66. The van der Waals surface area contributed by atoms with Crippen LogP contribution in [0.2, 0.25) is 0 Å². The van der Waals surface area contributed by atoms with Crippen molar-refractivity contribution in [1.82, 2.24) is 4.57 Å². The Balaban J connectivity index is 0.000000487. The third kappa shape index (κ3) is 9.55. The zero-order chi connectivity index (χ0) is 12.4. The van der Waals surface area contributed by atoms with Gasteiger partial charge in [-0.25, -0.2) is 9.13 Å². The number of halogens is 3. The minimum Gasteiger partial charge on any atom is -0.240 e. The van der Waals surface area contributed by atoms with Crippen LogP contribution in [0.3, 0.4) is 0 Å². The molecule has 0 aliphatic rings. The van der Waals surface area contributed by atoms with Crippen LogP contribution in [0.25, 0.3) is 0 Å². The number of imidazole rings is 1. The molecule has 16 heavy (non-hydrogen) atoms. The molecule has 0 unspecified atom stereocenters. The molecule has 1 heterocycles. The van der Waals surface area contributed by atoms with E-state index in [4.69, 9.17) is 0 Å². The molecule has 1 rings (SSSR count). The largest absolute Gasteiger partial charge is 0.379 e. The van der Waals surface area contributed by atoms with Gasteiger partial charge in [0.15, 0.2) is 0 Å². The number of rotatable bonds is 5. The highest BCUT2D eigenvalue weighted by Gasteiger charge is 1.97. The number of alkyl halides is 3. The Morgan fingerprint density at radius 3 is 2.25 bits per heavy atom. The molecule has 5 heteroatoms. The van der Waals surface area contributed by atoms with Gasteiger partial charge in [0.05, 0.1) is 13.6 Å². The van der Waals surface area contributed by atoms with Crippen LogP contribution in [0.4, 0.5) is 13.2 Å². The normalized spacial score (nSPS) is 10.1. The van der Waals surface area contributed by atoms with Crippen molar-refractivity contribution in [3.05, 3.63) is 18.7 Å². The van der Waals surface area contributed by atoms with Gasteiger partial charge in [0.2, 0.25) is 6.33 Å². The van der Waals surface area contributed by atoms with Gasteiger partial charge in [0.25, 0.3) is 0 Å². The van der Waals surface area contributed by atoms with E-state index in [1.807, 2.05) is 0 Å². The molecular formula is C11H20F3N2+. The molecule has 1 aromatic heterocycles. The van der Waals surface area contributed by atoms with E-state index in [9.17, 15) is 13.2 Å². The number of hydrogen-bond acceptors (Lipinski definition) is 0. The zero-order valence-electron chi connectivity index (χ0n) is 9.87. The molecule has 0 amide bonds. The van der Waals surface area contributed by atoms with E-state index in [2.05, 4.69) is 41.8 Å². The van der Waals surface area contributed by atoms with Crippen molar-refractivity contribution in [2.24, 2.45) is 7.05 Å². The summed E-state index contributed by atoms with van der Waals surface area (Å²) in [4.78, 5) is 0. The van der Waals surface area contributed by atoms with Crippen molar-refractivity contribution in [1.29, 1.82) is 0 Å². The Hall–Kier alpha value is -1.00. The van der Waals surface area contributed by atoms with Gasteiger partial charge in [0, 0.05) is 0 Å². The van der Waals surface area contributed by atoms with Crippen LogP contribution < -0.4 is 4.57 Å². The highest BCUT2D eigenvalue weighted by atomic mass is 19.4. The topological polar surface area (TPSA) is 8.81 Å². The lowest BCUT2D eigenvalue weighted by Gasteiger charge is -1.95. The van der Waals surface area contributed by atoms with E-state index < -0.39 is 6.68 Å². The second-order valence-corrected chi connectivity index (χ2v) is 3.63. The Bertz CT molecular complexity index is 259. The van der Waals surface area contributed by atoms with Crippen LogP contribution >= 0.6 is 0 Å². The number of aromatic nitrogens is 2. The number of hydrogen-bond donors (Lipinski definition) is 0. The minimum absolute atomic E-state index is 1.17. The second kappa shape index (κ2) is 9.24. The molecule has 0 fully saturated rings. The lowest BCUT2D eigenvalue weighted by molar-refractivity contribution is -0.696. The molecule has 0 radical (unpaired) electrons. The number of aryl methyl sites for hydroxylation is 2. The molecule has 0 aliphatic heterocycles. The maximum absolute atomic E-state index is 9.67. The van der Waals surface area contributed by atoms with Gasteiger partial charge in [-0.2, -0.15) is 13.2 Å². The van der Waals surface area contributed by atoms with Crippen molar-refractivity contribution in [3.63, 3.8) is 0 Å². The first-order valence-electron chi connectivity index (χ1n) is 5.49. The maximum atomic E-state index is 9.67. The van der Waals surface area contributed by atoms with Gasteiger partial charge in [0.1, 0.15) is 12.4 Å². The van der Waals surface area contributed by atoms with Gasteiger partial charge in [-0.1, -0.05) is 19.8 Å². The fraction of sp³-hybridized carbons (Fsp3) is 0.727. The smallest absolute Gasteiger partial charge is 0.240 e. The first-order chi connectivity index (χ1) is 7.56. The van der Waals surface area contributed by atoms with Gasteiger partial charge in [-0.3, -0.25) is 0 Å². The van der Waals surface area contributed by atoms with Crippen molar-refractivity contribution in [3.8, 4) is 0 Å². The van der Waals surface area contributed by atoms with Crippen LogP contribution in [0.5, 0.6) is 0 Å². The Morgan fingerprint density at radius 2 is 1.81 bits per heavy atom. The van der Waals surface area contributed by atoms with E-state index in [-0.39, 0.29) is 0 Å². The van der Waals surface area contributed by atoms with Crippen LogP contribution in [0.1, 0.15) is 32.6 Å². The molecule has 0 saturated carbocycles. The van der Waals surface area contributed by atoms with Crippen molar-refractivity contribution < 1.29 is 17.7 Å². The summed E-state index contributed by atoms with van der Waals surface area (Å²) in [5.74, 6) is 0. The summed E-state index contributed by atoms with van der Waals surface area (Å²) < 4.78 is 33.3. The summed E-state index contributed by atoms with van der Waals surface area (Å²) in [6.07, 6.45) is 11.7. The van der Waals surface area contributed by atoms with Crippen LogP contribution in [-0.4, -0.2) is 11.2 Å². The molecular weight excluding hydrogens is 217 g/mol. The molecule has 0 bridgehead atoms. The number of unbranched alkanes of at least 4 members (excludes halogenated alkanes) is 3. The molecule has 0 saturated heterocycles. The average molecular weight is 237 g/mol. The monoisotopic (exact) mass is 237 g/mol. The summed E-state index contributed by atoms with van der Waals surface area (Å²) in [5, 5.41) is 0. The van der Waals surface area contributed by atoms with Gasteiger partial charge in [-0.05, 0) is 12.8 Å². The molecule has 0 atom stereocenters. The van der Waals surface area contributed by atoms with Crippen LogP contribution in [0, 0.1) is 0 Å². The quantitative estimate of drug-likeness (QED) is 0.549. The zero-order valence-corrected chi connectivity index (χ0v) is 9.87. The number of nitrogens with zero attached hydrogens (tertiary/aromatic N) is 2. The molecule has 94 valence electrons. The lowest BCUT2D eigenvalue weighted by Crippen LogP contribution is -2.30. The highest BCUT2D eigenvalue weighted by molar-refractivity contribution is 4.61. The molecule has 0 spiro atoms. The Morgan fingerprint density at radius 1 is 1.19 bits per heavy atom. The standard InChI is InChI=1S/C10H19N2.CHF3/c1-3-4-5-6-7-12-9-8-11(2)10-12;2-1(3)4/h8-10H,3-7H2,1-2H3;1H/q+1;. The van der Waals surface area contributed by atoms with Crippen LogP contribution in [0.15, 0.2) is 18.7 Å². The van der Waals surface area contributed by atoms with E-state index in [0.717, 1.165) is 0 Å². The summed E-state index contributed by atoms with van der Waals surface area (Å²) in [7, 11) is 2.06. The summed E-state index contributed by atoms with van der Waals surface area (Å²) in [6.45, 7) is -0.253.